The number of carbonyl (C=O) groups is 2. The lowest BCUT2D eigenvalue weighted by Gasteiger charge is -2.26. The van der Waals surface area contributed by atoms with Crippen LogP contribution in [0.15, 0.2) is 0 Å². The van der Waals surface area contributed by atoms with Gasteiger partial charge in [-0.05, 0) is 26.3 Å². The highest BCUT2D eigenvalue weighted by molar-refractivity contribution is 5.79. The number of aliphatic carboxylic acids is 1. The molecule has 2 unspecified atom stereocenters. The molecule has 7 nitrogen and oxygen atoms in total. The molecule has 1 aliphatic carbocycles. The molecule has 2 fully saturated rings. The Balaban J connectivity index is 1.72. The third-order valence-corrected chi connectivity index (χ3v) is 4.40. The zero-order chi connectivity index (χ0) is 15.5. The molecule has 0 radical (unpaired) electrons. The molecule has 7 heteroatoms. The van der Waals surface area contributed by atoms with Gasteiger partial charge in [-0.1, -0.05) is 6.92 Å². The van der Waals surface area contributed by atoms with Crippen molar-refractivity contribution in [2.45, 2.75) is 38.8 Å². The van der Waals surface area contributed by atoms with E-state index in [1.165, 1.54) is 12.8 Å². The monoisotopic (exact) mass is 299 g/mol. The lowest BCUT2D eigenvalue weighted by molar-refractivity contribution is -0.148. The van der Waals surface area contributed by atoms with Crippen LogP contribution in [0.2, 0.25) is 0 Å². The number of carboxylic acid groups (broad SMARTS) is 1. The van der Waals surface area contributed by atoms with Crippen LogP contribution < -0.4 is 10.6 Å². The Morgan fingerprint density at radius 1 is 1.43 bits per heavy atom. The molecule has 0 bridgehead atoms. The Kier molecular flexibility index (Phi) is 5.05. The standard InChI is InChI=1S/C14H25N3O4/c1-3-17(10-4-5-10)7-6-15-13(20)16-11-8-21-9-14(11,2)12(18)19/h10-11H,3-9H2,1-2H3,(H,18,19)(H2,15,16,20). The molecule has 3 N–H and O–H groups in total. The second-order valence-electron chi connectivity index (χ2n) is 6.05. The summed E-state index contributed by atoms with van der Waals surface area (Å²) < 4.78 is 5.20. The summed E-state index contributed by atoms with van der Waals surface area (Å²) in [6.45, 7) is 6.45. The summed E-state index contributed by atoms with van der Waals surface area (Å²) in [5.41, 5.74) is -1.05. The number of carboxylic acids is 1. The minimum atomic E-state index is -1.05. The summed E-state index contributed by atoms with van der Waals surface area (Å²) in [4.78, 5) is 25.5. The number of nitrogens with zero attached hydrogens (tertiary/aromatic N) is 1. The van der Waals surface area contributed by atoms with Gasteiger partial charge in [-0.2, -0.15) is 0 Å². The summed E-state index contributed by atoms with van der Waals surface area (Å²) in [5, 5.41) is 14.8. The average molecular weight is 299 g/mol. The van der Waals surface area contributed by atoms with E-state index in [9.17, 15) is 14.7 Å². The normalized spacial score (nSPS) is 28.6. The summed E-state index contributed by atoms with van der Waals surface area (Å²) in [5.74, 6) is -0.948. The van der Waals surface area contributed by atoms with Gasteiger partial charge >= 0.3 is 12.0 Å². The molecule has 1 aliphatic heterocycles. The van der Waals surface area contributed by atoms with Crippen LogP contribution in [0.25, 0.3) is 0 Å². The largest absolute Gasteiger partial charge is 0.481 e. The predicted molar refractivity (Wildman–Crippen MR) is 77.2 cm³/mol. The third kappa shape index (κ3) is 3.85. The van der Waals surface area contributed by atoms with Gasteiger partial charge in [0.1, 0.15) is 5.41 Å². The first-order valence-electron chi connectivity index (χ1n) is 7.57. The Morgan fingerprint density at radius 2 is 2.14 bits per heavy atom. The molecule has 0 aromatic carbocycles. The minimum Gasteiger partial charge on any atom is -0.481 e. The predicted octanol–water partition coefficient (Wildman–Crippen LogP) is 0.260. The molecule has 2 rings (SSSR count). The van der Waals surface area contributed by atoms with Crippen molar-refractivity contribution < 1.29 is 19.4 Å². The van der Waals surface area contributed by atoms with Crippen LogP contribution in [-0.2, 0) is 9.53 Å². The lowest BCUT2D eigenvalue weighted by atomic mass is 9.85. The Hall–Kier alpha value is -1.34. The highest BCUT2D eigenvalue weighted by Crippen LogP contribution is 2.28. The zero-order valence-electron chi connectivity index (χ0n) is 12.7. The highest BCUT2D eigenvalue weighted by atomic mass is 16.5. The molecule has 0 aromatic rings. The van der Waals surface area contributed by atoms with Crippen LogP contribution in [0.5, 0.6) is 0 Å². The zero-order valence-corrected chi connectivity index (χ0v) is 12.7. The first kappa shape index (κ1) is 16.0. The number of urea groups is 1. The van der Waals surface area contributed by atoms with Gasteiger partial charge in [0, 0.05) is 19.1 Å². The van der Waals surface area contributed by atoms with Crippen molar-refractivity contribution in [2.75, 3.05) is 32.8 Å². The van der Waals surface area contributed by atoms with Gasteiger partial charge in [0.05, 0.1) is 19.3 Å². The van der Waals surface area contributed by atoms with Gasteiger partial charge in [-0.15, -0.1) is 0 Å². The van der Waals surface area contributed by atoms with Crippen molar-refractivity contribution in [1.82, 2.24) is 15.5 Å². The maximum absolute atomic E-state index is 11.9. The summed E-state index contributed by atoms with van der Waals surface area (Å²) in [6, 6.07) is -0.149. The Morgan fingerprint density at radius 3 is 2.71 bits per heavy atom. The van der Waals surface area contributed by atoms with Crippen molar-refractivity contribution in [1.29, 1.82) is 0 Å². The maximum Gasteiger partial charge on any atom is 0.315 e. The van der Waals surface area contributed by atoms with E-state index in [4.69, 9.17) is 4.74 Å². The van der Waals surface area contributed by atoms with E-state index in [-0.39, 0.29) is 19.2 Å². The van der Waals surface area contributed by atoms with Gasteiger partial charge in [0.2, 0.25) is 0 Å². The molecule has 2 atom stereocenters. The summed E-state index contributed by atoms with van der Waals surface area (Å²) >= 11 is 0. The number of hydrogen-bond donors (Lipinski definition) is 3. The van der Waals surface area contributed by atoms with Gasteiger partial charge in [0.25, 0.3) is 0 Å². The van der Waals surface area contributed by atoms with Crippen molar-refractivity contribution in [2.24, 2.45) is 5.41 Å². The number of rotatable bonds is 7. The van der Waals surface area contributed by atoms with Gasteiger partial charge in [-0.3, -0.25) is 9.69 Å². The molecule has 1 saturated heterocycles. The Labute approximate surface area is 125 Å². The minimum absolute atomic E-state index is 0.124. The second kappa shape index (κ2) is 6.62. The number of likely N-dealkylation sites (N-methyl/N-ethyl adjacent to an activating group) is 1. The second-order valence-corrected chi connectivity index (χ2v) is 6.05. The molecule has 1 saturated carbocycles. The van der Waals surface area contributed by atoms with Crippen LogP contribution in [0.1, 0.15) is 26.7 Å². The Bertz CT molecular complexity index is 400. The van der Waals surface area contributed by atoms with E-state index in [0.29, 0.717) is 12.6 Å². The van der Waals surface area contributed by atoms with Crippen LogP contribution in [0.3, 0.4) is 0 Å². The van der Waals surface area contributed by atoms with Crippen molar-refractivity contribution in [3.63, 3.8) is 0 Å². The fourth-order valence-electron chi connectivity index (χ4n) is 2.65. The van der Waals surface area contributed by atoms with Gasteiger partial charge in [0.15, 0.2) is 0 Å². The van der Waals surface area contributed by atoms with Crippen molar-refractivity contribution in [3.8, 4) is 0 Å². The summed E-state index contributed by atoms with van der Waals surface area (Å²) in [7, 11) is 0. The van der Waals surface area contributed by atoms with E-state index in [0.717, 1.165) is 13.1 Å². The molecule has 0 aromatic heterocycles. The van der Waals surface area contributed by atoms with Crippen LogP contribution >= 0.6 is 0 Å². The molecule has 2 aliphatic rings. The lowest BCUT2D eigenvalue weighted by Crippen LogP contribution is -2.53. The van der Waals surface area contributed by atoms with E-state index < -0.39 is 17.4 Å². The van der Waals surface area contributed by atoms with Gasteiger partial charge < -0.3 is 20.5 Å². The quantitative estimate of drug-likeness (QED) is 0.627. The van der Waals surface area contributed by atoms with Gasteiger partial charge in [-0.25, -0.2) is 4.79 Å². The molecule has 1 heterocycles. The van der Waals surface area contributed by atoms with E-state index in [1.54, 1.807) is 6.92 Å². The number of ether oxygens (including phenoxy) is 1. The number of carbonyl (C=O) groups excluding carboxylic acids is 1. The molecule has 120 valence electrons. The van der Waals surface area contributed by atoms with E-state index >= 15 is 0 Å². The number of nitrogens with one attached hydrogen (secondary N) is 2. The SMILES string of the molecule is CCN(CCNC(=O)NC1COCC1(C)C(=O)O)C1CC1. The molecular formula is C14H25N3O4. The van der Waals surface area contributed by atoms with Crippen molar-refractivity contribution in [3.05, 3.63) is 0 Å². The third-order valence-electron chi connectivity index (χ3n) is 4.40. The van der Waals surface area contributed by atoms with E-state index in [1.807, 2.05) is 0 Å². The number of hydrogen-bond acceptors (Lipinski definition) is 4. The molecular weight excluding hydrogens is 274 g/mol. The average Bonchev–Trinajstić information content (AvgIpc) is 3.20. The van der Waals surface area contributed by atoms with Crippen LogP contribution in [0.4, 0.5) is 4.79 Å². The van der Waals surface area contributed by atoms with Crippen LogP contribution in [0, 0.1) is 5.41 Å². The van der Waals surface area contributed by atoms with Crippen molar-refractivity contribution >= 4 is 12.0 Å². The highest BCUT2D eigenvalue weighted by Gasteiger charge is 2.47. The first-order valence-corrected chi connectivity index (χ1v) is 7.57. The summed E-state index contributed by atoms with van der Waals surface area (Å²) in [6.07, 6.45) is 2.49. The van der Waals surface area contributed by atoms with E-state index in [2.05, 4.69) is 22.5 Å². The smallest absolute Gasteiger partial charge is 0.315 e. The number of amides is 2. The topological polar surface area (TPSA) is 90.9 Å². The molecule has 2 amide bonds. The fourth-order valence-corrected chi connectivity index (χ4v) is 2.65. The van der Waals surface area contributed by atoms with Crippen LogP contribution in [-0.4, -0.2) is 66.9 Å². The fraction of sp³-hybridized carbons (Fsp3) is 0.857. The molecule has 21 heavy (non-hydrogen) atoms. The maximum atomic E-state index is 11.9. The molecule has 0 spiro atoms. The first-order chi connectivity index (χ1) is 9.97.